The number of aromatic nitrogens is 2. The standard InChI is InChI=1S/C16H20N4O/c1-11(2)20-14(7-10-18-20)19-15(21)16(8-9-16)12-3-5-13(17)6-4-12/h3-7,10-11H,8-9,17H2,1-2H3,(H,19,21). The number of anilines is 2. The van der Waals surface area contributed by atoms with Crippen LogP contribution in [0, 0.1) is 0 Å². The van der Waals surface area contributed by atoms with E-state index in [-0.39, 0.29) is 11.9 Å². The number of nitrogens with zero attached hydrogens (tertiary/aromatic N) is 2. The van der Waals surface area contributed by atoms with Crippen LogP contribution in [0.5, 0.6) is 0 Å². The molecule has 0 spiro atoms. The van der Waals surface area contributed by atoms with Crippen molar-refractivity contribution in [3.05, 3.63) is 42.1 Å². The molecule has 0 radical (unpaired) electrons. The molecule has 3 rings (SSSR count). The molecule has 1 aromatic heterocycles. The summed E-state index contributed by atoms with van der Waals surface area (Å²) in [6.07, 6.45) is 3.45. The molecule has 3 N–H and O–H groups in total. The first-order chi connectivity index (χ1) is 10.0. The van der Waals surface area contributed by atoms with E-state index in [1.54, 1.807) is 6.20 Å². The number of nitrogens with one attached hydrogen (secondary N) is 1. The second-order valence-corrected chi connectivity index (χ2v) is 5.91. The third-order valence-corrected chi connectivity index (χ3v) is 4.05. The number of nitrogen functional groups attached to an aromatic ring is 1. The van der Waals surface area contributed by atoms with Gasteiger partial charge in [0.1, 0.15) is 5.82 Å². The number of benzene rings is 1. The van der Waals surface area contributed by atoms with Crippen LogP contribution in [0.4, 0.5) is 11.5 Å². The average Bonchev–Trinajstić information content (AvgIpc) is 3.13. The lowest BCUT2D eigenvalue weighted by molar-refractivity contribution is -0.118. The molecule has 0 saturated heterocycles. The van der Waals surface area contributed by atoms with Gasteiger partial charge >= 0.3 is 0 Å². The molecule has 1 amide bonds. The molecular formula is C16H20N4O. The molecule has 5 nitrogen and oxygen atoms in total. The monoisotopic (exact) mass is 284 g/mol. The smallest absolute Gasteiger partial charge is 0.236 e. The second-order valence-electron chi connectivity index (χ2n) is 5.91. The molecular weight excluding hydrogens is 264 g/mol. The molecule has 21 heavy (non-hydrogen) atoms. The Kier molecular flexibility index (Phi) is 3.20. The predicted molar refractivity (Wildman–Crippen MR) is 83.0 cm³/mol. The van der Waals surface area contributed by atoms with E-state index >= 15 is 0 Å². The van der Waals surface area contributed by atoms with Crippen LogP contribution in [0.2, 0.25) is 0 Å². The SMILES string of the molecule is CC(C)n1nccc1NC(=O)C1(c2ccc(N)cc2)CC1. The Hall–Kier alpha value is -2.30. The number of hydrogen-bond donors (Lipinski definition) is 2. The first-order valence-corrected chi connectivity index (χ1v) is 7.24. The van der Waals surface area contributed by atoms with Gasteiger partial charge in [-0.3, -0.25) is 4.79 Å². The Bertz CT molecular complexity index is 653. The molecule has 0 bridgehead atoms. The van der Waals surface area contributed by atoms with Crippen LogP contribution >= 0.6 is 0 Å². The Morgan fingerprint density at radius 3 is 2.52 bits per heavy atom. The van der Waals surface area contributed by atoms with Crippen molar-refractivity contribution in [2.75, 3.05) is 11.1 Å². The molecule has 5 heteroatoms. The summed E-state index contributed by atoms with van der Waals surface area (Å²) >= 11 is 0. The van der Waals surface area contributed by atoms with E-state index in [0.717, 1.165) is 24.2 Å². The van der Waals surface area contributed by atoms with Crippen molar-refractivity contribution in [2.45, 2.75) is 38.1 Å². The molecule has 1 saturated carbocycles. The maximum Gasteiger partial charge on any atom is 0.236 e. The number of rotatable bonds is 4. The maximum absolute atomic E-state index is 12.7. The summed E-state index contributed by atoms with van der Waals surface area (Å²) in [6.45, 7) is 4.07. The van der Waals surface area contributed by atoms with E-state index in [2.05, 4.69) is 10.4 Å². The maximum atomic E-state index is 12.7. The minimum absolute atomic E-state index is 0.0367. The van der Waals surface area contributed by atoms with Crippen LogP contribution < -0.4 is 11.1 Å². The minimum Gasteiger partial charge on any atom is -0.399 e. The normalized spacial score (nSPS) is 16.0. The van der Waals surface area contributed by atoms with Gasteiger partial charge in [0.05, 0.1) is 11.6 Å². The van der Waals surface area contributed by atoms with Gasteiger partial charge in [-0.1, -0.05) is 12.1 Å². The molecule has 1 aliphatic carbocycles. The van der Waals surface area contributed by atoms with Crippen molar-refractivity contribution in [1.82, 2.24) is 9.78 Å². The van der Waals surface area contributed by atoms with Gasteiger partial charge in [-0.25, -0.2) is 4.68 Å². The number of nitrogens with two attached hydrogens (primary N) is 1. The number of carbonyl (C=O) groups excluding carboxylic acids is 1. The van der Waals surface area contributed by atoms with E-state index in [9.17, 15) is 4.79 Å². The lowest BCUT2D eigenvalue weighted by atomic mass is 9.95. The van der Waals surface area contributed by atoms with E-state index in [1.807, 2.05) is 48.9 Å². The minimum atomic E-state index is -0.403. The molecule has 110 valence electrons. The van der Waals surface area contributed by atoms with E-state index in [1.165, 1.54) is 0 Å². The van der Waals surface area contributed by atoms with Gasteiger partial charge in [0.15, 0.2) is 0 Å². The average molecular weight is 284 g/mol. The van der Waals surface area contributed by atoms with E-state index in [4.69, 9.17) is 5.73 Å². The van der Waals surface area contributed by atoms with Gasteiger partial charge in [0.25, 0.3) is 0 Å². The van der Waals surface area contributed by atoms with Gasteiger partial charge in [0, 0.05) is 17.8 Å². The first kappa shape index (κ1) is 13.7. The highest BCUT2D eigenvalue weighted by molar-refractivity contribution is 6.01. The summed E-state index contributed by atoms with van der Waals surface area (Å²) < 4.78 is 1.82. The van der Waals surface area contributed by atoms with E-state index in [0.29, 0.717) is 5.69 Å². The topological polar surface area (TPSA) is 72.9 Å². The highest BCUT2D eigenvalue weighted by Crippen LogP contribution is 2.49. The Labute approximate surface area is 124 Å². The third kappa shape index (κ3) is 2.39. The van der Waals surface area contributed by atoms with Gasteiger partial charge in [-0.2, -0.15) is 5.10 Å². The number of hydrogen-bond acceptors (Lipinski definition) is 3. The van der Waals surface area contributed by atoms with Gasteiger partial charge in [-0.05, 0) is 44.4 Å². The summed E-state index contributed by atoms with van der Waals surface area (Å²) in [4.78, 5) is 12.7. The van der Waals surface area contributed by atoms with Gasteiger partial charge in [0.2, 0.25) is 5.91 Å². The molecule has 1 heterocycles. The fourth-order valence-electron chi connectivity index (χ4n) is 2.63. The van der Waals surface area contributed by atoms with Crippen molar-refractivity contribution in [3.8, 4) is 0 Å². The Morgan fingerprint density at radius 1 is 1.29 bits per heavy atom. The third-order valence-electron chi connectivity index (χ3n) is 4.05. The first-order valence-electron chi connectivity index (χ1n) is 7.24. The highest BCUT2D eigenvalue weighted by atomic mass is 16.2. The number of carbonyl (C=O) groups is 1. The van der Waals surface area contributed by atoms with E-state index < -0.39 is 5.41 Å². The second kappa shape index (κ2) is 4.91. The van der Waals surface area contributed by atoms with Crippen molar-refractivity contribution in [1.29, 1.82) is 0 Å². The Balaban J connectivity index is 1.82. The summed E-state index contributed by atoms with van der Waals surface area (Å²) in [5, 5.41) is 7.26. The zero-order chi connectivity index (χ0) is 15.0. The predicted octanol–water partition coefficient (Wildman–Crippen LogP) is 2.72. The summed E-state index contributed by atoms with van der Waals surface area (Å²) in [6, 6.07) is 9.63. The molecule has 1 aromatic carbocycles. The van der Waals surface area contributed by atoms with Crippen molar-refractivity contribution in [2.24, 2.45) is 0 Å². The van der Waals surface area contributed by atoms with Gasteiger partial charge in [-0.15, -0.1) is 0 Å². The summed E-state index contributed by atoms with van der Waals surface area (Å²) in [5.41, 5.74) is 7.06. The summed E-state index contributed by atoms with van der Waals surface area (Å²) in [5.74, 6) is 0.784. The van der Waals surface area contributed by atoms with Crippen molar-refractivity contribution < 1.29 is 4.79 Å². The van der Waals surface area contributed by atoms with Crippen LogP contribution in [0.25, 0.3) is 0 Å². The lowest BCUT2D eigenvalue weighted by Crippen LogP contribution is -2.29. The fourth-order valence-corrected chi connectivity index (χ4v) is 2.63. The van der Waals surface area contributed by atoms with Crippen LogP contribution in [0.3, 0.4) is 0 Å². The highest BCUT2D eigenvalue weighted by Gasteiger charge is 2.51. The van der Waals surface area contributed by atoms with Crippen LogP contribution in [-0.2, 0) is 10.2 Å². The fraction of sp³-hybridized carbons (Fsp3) is 0.375. The van der Waals surface area contributed by atoms with Crippen LogP contribution in [0.1, 0.15) is 38.3 Å². The zero-order valence-electron chi connectivity index (χ0n) is 12.3. The molecule has 1 fully saturated rings. The Morgan fingerprint density at radius 2 is 1.95 bits per heavy atom. The summed E-state index contributed by atoms with van der Waals surface area (Å²) in [7, 11) is 0. The largest absolute Gasteiger partial charge is 0.399 e. The molecule has 1 aliphatic rings. The zero-order valence-corrected chi connectivity index (χ0v) is 12.3. The molecule has 0 unspecified atom stereocenters. The molecule has 2 aromatic rings. The number of amides is 1. The van der Waals surface area contributed by atoms with Crippen molar-refractivity contribution in [3.63, 3.8) is 0 Å². The lowest BCUT2D eigenvalue weighted by Gasteiger charge is -2.17. The molecule has 0 aliphatic heterocycles. The van der Waals surface area contributed by atoms with Crippen molar-refractivity contribution >= 4 is 17.4 Å². The molecule has 0 atom stereocenters. The van der Waals surface area contributed by atoms with Gasteiger partial charge < -0.3 is 11.1 Å². The van der Waals surface area contributed by atoms with Crippen LogP contribution in [-0.4, -0.2) is 15.7 Å². The quantitative estimate of drug-likeness (QED) is 0.848. The van der Waals surface area contributed by atoms with Crippen LogP contribution in [0.15, 0.2) is 36.5 Å².